The van der Waals surface area contributed by atoms with Crippen molar-refractivity contribution in [2.24, 2.45) is 0 Å². The molecule has 1 fully saturated rings. The van der Waals surface area contributed by atoms with Crippen molar-refractivity contribution in [3.63, 3.8) is 0 Å². The standard InChI is InChI=1S/C12H21N3O2/c1-3-14(6-4-5-13)11(2)12(16)15-7-9-17-10-8-15/h11H,3-4,6-10H2,1-2H3. The second kappa shape index (κ2) is 7.25. The van der Waals surface area contributed by atoms with E-state index in [1.54, 1.807) is 0 Å². The second-order valence-electron chi connectivity index (χ2n) is 4.15. The van der Waals surface area contributed by atoms with Crippen molar-refractivity contribution in [1.29, 1.82) is 5.26 Å². The van der Waals surface area contributed by atoms with Crippen molar-refractivity contribution in [3.05, 3.63) is 0 Å². The third-order valence-electron chi connectivity index (χ3n) is 3.14. The number of hydrogen-bond donors (Lipinski definition) is 0. The maximum absolute atomic E-state index is 12.2. The number of likely N-dealkylation sites (N-methyl/N-ethyl adjacent to an activating group) is 1. The van der Waals surface area contributed by atoms with Crippen molar-refractivity contribution in [1.82, 2.24) is 9.80 Å². The molecule has 0 spiro atoms. The van der Waals surface area contributed by atoms with Gasteiger partial charge in [0.15, 0.2) is 0 Å². The first kappa shape index (κ1) is 13.9. The number of nitriles is 1. The lowest BCUT2D eigenvalue weighted by molar-refractivity contribution is -0.140. The predicted octanol–water partition coefficient (Wildman–Crippen LogP) is 0.469. The molecule has 1 aliphatic rings. The molecule has 1 saturated heterocycles. The van der Waals surface area contributed by atoms with Gasteiger partial charge in [-0.1, -0.05) is 6.92 Å². The molecule has 17 heavy (non-hydrogen) atoms. The molecule has 1 amide bonds. The Morgan fingerprint density at radius 1 is 1.53 bits per heavy atom. The van der Waals surface area contributed by atoms with Crippen LogP contribution < -0.4 is 0 Å². The van der Waals surface area contributed by atoms with Crippen LogP contribution in [0.4, 0.5) is 0 Å². The molecule has 1 rings (SSSR count). The minimum absolute atomic E-state index is 0.146. The van der Waals surface area contributed by atoms with Crippen LogP contribution in [0.3, 0.4) is 0 Å². The number of hydrogen-bond acceptors (Lipinski definition) is 4. The van der Waals surface area contributed by atoms with Crippen molar-refractivity contribution in [2.45, 2.75) is 26.3 Å². The van der Waals surface area contributed by atoms with E-state index >= 15 is 0 Å². The van der Waals surface area contributed by atoms with Gasteiger partial charge in [-0.25, -0.2) is 0 Å². The maximum Gasteiger partial charge on any atom is 0.239 e. The molecule has 0 aromatic carbocycles. The number of rotatable bonds is 5. The molecular weight excluding hydrogens is 218 g/mol. The molecule has 0 saturated carbocycles. The van der Waals surface area contributed by atoms with Crippen molar-refractivity contribution in [2.75, 3.05) is 39.4 Å². The molecule has 5 nitrogen and oxygen atoms in total. The van der Waals surface area contributed by atoms with E-state index < -0.39 is 0 Å². The molecule has 0 aliphatic carbocycles. The zero-order valence-corrected chi connectivity index (χ0v) is 10.7. The molecular formula is C12H21N3O2. The van der Waals surface area contributed by atoms with Gasteiger partial charge < -0.3 is 9.64 Å². The zero-order valence-electron chi connectivity index (χ0n) is 10.7. The van der Waals surface area contributed by atoms with Gasteiger partial charge in [-0.05, 0) is 13.5 Å². The molecule has 96 valence electrons. The summed E-state index contributed by atoms with van der Waals surface area (Å²) in [5, 5.41) is 8.59. The van der Waals surface area contributed by atoms with Crippen LogP contribution in [0, 0.1) is 11.3 Å². The smallest absolute Gasteiger partial charge is 0.239 e. The van der Waals surface area contributed by atoms with Crippen molar-refractivity contribution < 1.29 is 9.53 Å². The highest BCUT2D eigenvalue weighted by Crippen LogP contribution is 2.07. The van der Waals surface area contributed by atoms with Gasteiger partial charge in [0.25, 0.3) is 0 Å². The van der Waals surface area contributed by atoms with Crippen LogP contribution in [-0.4, -0.2) is 61.1 Å². The average molecular weight is 239 g/mol. The topological polar surface area (TPSA) is 56.6 Å². The molecule has 1 unspecified atom stereocenters. The van der Waals surface area contributed by atoms with E-state index in [0.29, 0.717) is 39.3 Å². The van der Waals surface area contributed by atoms with Crippen molar-refractivity contribution in [3.8, 4) is 6.07 Å². The summed E-state index contributed by atoms with van der Waals surface area (Å²) < 4.78 is 5.23. The predicted molar refractivity (Wildman–Crippen MR) is 64.3 cm³/mol. The van der Waals surface area contributed by atoms with E-state index in [1.165, 1.54) is 0 Å². The highest BCUT2D eigenvalue weighted by Gasteiger charge is 2.25. The quantitative estimate of drug-likeness (QED) is 0.700. The van der Waals surface area contributed by atoms with Crippen LogP contribution in [0.2, 0.25) is 0 Å². The number of nitrogens with zero attached hydrogens (tertiary/aromatic N) is 3. The first-order chi connectivity index (χ1) is 8.20. The van der Waals surface area contributed by atoms with Crippen LogP contribution in [0.5, 0.6) is 0 Å². The van der Waals surface area contributed by atoms with Crippen LogP contribution >= 0.6 is 0 Å². The average Bonchev–Trinajstić information content (AvgIpc) is 2.39. The first-order valence-electron chi connectivity index (χ1n) is 6.18. The highest BCUT2D eigenvalue weighted by molar-refractivity contribution is 5.81. The molecule has 0 radical (unpaired) electrons. The number of morpholine rings is 1. The van der Waals surface area contributed by atoms with Gasteiger partial charge in [-0.2, -0.15) is 5.26 Å². The van der Waals surface area contributed by atoms with E-state index in [-0.39, 0.29) is 11.9 Å². The van der Waals surface area contributed by atoms with Crippen LogP contribution in [0.15, 0.2) is 0 Å². The number of carbonyl (C=O) groups is 1. The summed E-state index contributed by atoms with van der Waals surface area (Å²) in [6.07, 6.45) is 0.467. The Bertz CT molecular complexity index is 282. The molecule has 0 bridgehead atoms. The number of carbonyl (C=O) groups excluding carboxylic acids is 1. The fraction of sp³-hybridized carbons (Fsp3) is 0.833. The normalized spacial score (nSPS) is 17.9. The lowest BCUT2D eigenvalue weighted by Gasteiger charge is -2.33. The largest absolute Gasteiger partial charge is 0.378 e. The minimum Gasteiger partial charge on any atom is -0.378 e. The van der Waals surface area contributed by atoms with Gasteiger partial charge in [-0.3, -0.25) is 9.69 Å². The Labute approximate surface area is 103 Å². The lowest BCUT2D eigenvalue weighted by atomic mass is 10.2. The Kier molecular flexibility index (Phi) is 5.95. The van der Waals surface area contributed by atoms with Gasteiger partial charge in [0.05, 0.1) is 25.3 Å². The summed E-state index contributed by atoms with van der Waals surface area (Å²) in [6.45, 7) is 7.99. The van der Waals surface area contributed by atoms with Crippen LogP contribution in [-0.2, 0) is 9.53 Å². The Hall–Kier alpha value is -1.12. The fourth-order valence-corrected chi connectivity index (χ4v) is 2.02. The zero-order chi connectivity index (χ0) is 12.7. The SMILES string of the molecule is CCN(CCC#N)C(C)C(=O)N1CCOCC1. The molecule has 1 atom stereocenters. The van der Waals surface area contributed by atoms with Crippen LogP contribution in [0.1, 0.15) is 20.3 Å². The number of ether oxygens (including phenoxy) is 1. The second-order valence-corrected chi connectivity index (χ2v) is 4.15. The van der Waals surface area contributed by atoms with E-state index in [1.807, 2.05) is 23.6 Å². The molecule has 1 aliphatic heterocycles. The highest BCUT2D eigenvalue weighted by atomic mass is 16.5. The first-order valence-corrected chi connectivity index (χ1v) is 6.18. The van der Waals surface area contributed by atoms with Gasteiger partial charge in [0.2, 0.25) is 5.91 Å². The third-order valence-corrected chi connectivity index (χ3v) is 3.14. The van der Waals surface area contributed by atoms with Gasteiger partial charge >= 0.3 is 0 Å². The minimum atomic E-state index is -0.147. The van der Waals surface area contributed by atoms with E-state index in [9.17, 15) is 4.79 Å². The number of amides is 1. The van der Waals surface area contributed by atoms with E-state index in [4.69, 9.17) is 10.00 Å². The summed E-state index contributed by atoms with van der Waals surface area (Å²) in [7, 11) is 0. The molecule has 0 aromatic heterocycles. The summed E-state index contributed by atoms with van der Waals surface area (Å²) in [4.78, 5) is 16.1. The molecule has 1 heterocycles. The summed E-state index contributed by atoms with van der Waals surface area (Å²) in [5.74, 6) is 0.146. The summed E-state index contributed by atoms with van der Waals surface area (Å²) in [6, 6.07) is 1.97. The lowest BCUT2D eigenvalue weighted by Crippen LogP contribution is -2.50. The Morgan fingerprint density at radius 3 is 2.71 bits per heavy atom. The summed E-state index contributed by atoms with van der Waals surface area (Å²) in [5.41, 5.74) is 0. The summed E-state index contributed by atoms with van der Waals surface area (Å²) >= 11 is 0. The van der Waals surface area contributed by atoms with Crippen molar-refractivity contribution >= 4 is 5.91 Å². The maximum atomic E-state index is 12.2. The van der Waals surface area contributed by atoms with Gasteiger partial charge in [-0.15, -0.1) is 0 Å². The Morgan fingerprint density at radius 2 is 2.18 bits per heavy atom. The van der Waals surface area contributed by atoms with Gasteiger partial charge in [0.1, 0.15) is 0 Å². The van der Waals surface area contributed by atoms with Gasteiger partial charge in [0, 0.05) is 26.1 Å². The molecule has 0 aromatic rings. The fourth-order valence-electron chi connectivity index (χ4n) is 2.02. The monoisotopic (exact) mass is 239 g/mol. The van der Waals surface area contributed by atoms with E-state index in [2.05, 4.69) is 6.07 Å². The van der Waals surface area contributed by atoms with E-state index in [0.717, 1.165) is 6.54 Å². The molecule has 0 N–H and O–H groups in total. The Balaban J connectivity index is 2.50. The third kappa shape index (κ3) is 3.99. The molecule has 5 heteroatoms. The van der Waals surface area contributed by atoms with Crippen LogP contribution in [0.25, 0.3) is 0 Å².